The van der Waals surface area contributed by atoms with E-state index in [2.05, 4.69) is 15.2 Å². The zero-order valence-corrected chi connectivity index (χ0v) is 17.9. The number of fused-ring (bicyclic) bond motifs is 3. The van der Waals surface area contributed by atoms with Gasteiger partial charge in [0.2, 0.25) is 5.65 Å². The second-order valence-corrected chi connectivity index (χ2v) is 9.87. The van der Waals surface area contributed by atoms with Crippen molar-refractivity contribution in [2.45, 2.75) is 42.9 Å². The van der Waals surface area contributed by atoms with Crippen molar-refractivity contribution in [3.8, 4) is 0 Å². The number of hydrogen-bond acceptors (Lipinski definition) is 5. The van der Waals surface area contributed by atoms with Gasteiger partial charge in [-0.3, -0.25) is 4.40 Å². The number of benzene rings is 2. The van der Waals surface area contributed by atoms with Crippen LogP contribution in [0, 0.1) is 5.82 Å². The van der Waals surface area contributed by atoms with Gasteiger partial charge in [-0.05, 0) is 49.2 Å². The van der Waals surface area contributed by atoms with Gasteiger partial charge in [0, 0.05) is 13.0 Å². The minimum Gasteiger partial charge on any atom is -0.274 e. The van der Waals surface area contributed by atoms with Crippen LogP contribution in [0.3, 0.4) is 0 Å². The molecule has 1 aliphatic carbocycles. The summed E-state index contributed by atoms with van der Waals surface area (Å²) in [6, 6.07) is 12.3. The van der Waals surface area contributed by atoms with Gasteiger partial charge in [0.15, 0.2) is 5.82 Å². The molecule has 0 radical (unpaired) electrons. The Kier molecular flexibility index (Phi) is 4.85. The van der Waals surface area contributed by atoms with E-state index in [1.54, 1.807) is 0 Å². The molecule has 2 heterocycles. The lowest BCUT2D eigenvalue weighted by atomic mass is 9.89. The number of rotatable bonds is 4. The van der Waals surface area contributed by atoms with E-state index in [0.29, 0.717) is 11.2 Å². The summed E-state index contributed by atoms with van der Waals surface area (Å²) in [4.78, 5) is 4.60. The molecule has 1 aliphatic rings. The summed E-state index contributed by atoms with van der Waals surface area (Å²) >= 11 is 0. The summed E-state index contributed by atoms with van der Waals surface area (Å²) in [6.45, 7) is 0. The molecule has 0 spiro atoms. The lowest BCUT2D eigenvalue weighted by Gasteiger charge is -2.22. The lowest BCUT2D eigenvalue weighted by molar-refractivity contribution is 0.427. The molecule has 0 aliphatic heterocycles. The molecule has 2 aromatic heterocycles. The van der Waals surface area contributed by atoms with Gasteiger partial charge in [-0.2, -0.15) is 0 Å². The Morgan fingerprint density at radius 2 is 1.71 bits per heavy atom. The first kappa shape index (κ1) is 19.9. The van der Waals surface area contributed by atoms with Crippen LogP contribution >= 0.6 is 0 Å². The van der Waals surface area contributed by atoms with Gasteiger partial charge >= 0.3 is 0 Å². The lowest BCUT2D eigenvalue weighted by Crippen LogP contribution is -2.28. The first-order valence-electron chi connectivity index (χ1n) is 10.3. The molecular formula is C22H22FN5O2S. The molecule has 1 saturated carbocycles. The number of sulfonamides is 1. The van der Waals surface area contributed by atoms with Gasteiger partial charge in [-0.1, -0.05) is 31.4 Å². The molecule has 0 N–H and O–H groups in total. The fraction of sp³-hybridized carbons (Fsp3) is 0.318. The van der Waals surface area contributed by atoms with E-state index in [0.717, 1.165) is 53.5 Å². The van der Waals surface area contributed by atoms with E-state index >= 15 is 0 Å². The summed E-state index contributed by atoms with van der Waals surface area (Å²) in [5.74, 6) is 0.823. The van der Waals surface area contributed by atoms with E-state index in [-0.39, 0.29) is 16.6 Å². The molecular weight excluding hydrogens is 417 g/mol. The Labute approximate surface area is 179 Å². The van der Waals surface area contributed by atoms with E-state index in [1.165, 1.54) is 25.6 Å². The SMILES string of the molecule is CN(c1nc2ccccc2n2c(C3CCCCC3)nnc12)S(=O)(=O)c1ccc(F)cc1. The third kappa shape index (κ3) is 3.33. The molecule has 0 unspecified atom stereocenters. The molecule has 4 aromatic rings. The Morgan fingerprint density at radius 3 is 2.45 bits per heavy atom. The number of nitrogens with zero attached hydrogens (tertiary/aromatic N) is 5. The summed E-state index contributed by atoms with van der Waals surface area (Å²) in [5, 5.41) is 8.85. The fourth-order valence-electron chi connectivity index (χ4n) is 4.31. The van der Waals surface area contributed by atoms with Crippen LogP contribution in [0.25, 0.3) is 16.7 Å². The molecule has 0 bridgehead atoms. The van der Waals surface area contributed by atoms with Gasteiger partial charge in [0.25, 0.3) is 10.0 Å². The molecule has 0 saturated heterocycles. The molecule has 1 fully saturated rings. The Balaban J connectivity index is 1.71. The molecule has 5 rings (SSSR count). The van der Waals surface area contributed by atoms with Gasteiger partial charge < -0.3 is 0 Å². The molecule has 0 amide bonds. The van der Waals surface area contributed by atoms with E-state index in [1.807, 2.05) is 28.7 Å². The maximum absolute atomic E-state index is 13.3. The summed E-state index contributed by atoms with van der Waals surface area (Å²) in [6.07, 6.45) is 5.59. The molecule has 7 nitrogen and oxygen atoms in total. The number of halogens is 1. The second kappa shape index (κ2) is 7.56. The normalized spacial score (nSPS) is 15.5. The van der Waals surface area contributed by atoms with Crippen molar-refractivity contribution in [3.05, 3.63) is 60.2 Å². The second-order valence-electron chi connectivity index (χ2n) is 7.90. The average Bonchev–Trinajstić information content (AvgIpc) is 3.24. The minimum absolute atomic E-state index is 0.0171. The summed E-state index contributed by atoms with van der Waals surface area (Å²) in [5.41, 5.74) is 1.90. The first-order valence-corrected chi connectivity index (χ1v) is 11.8. The van der Waals surface area contributed by atoms with Crippen LogP contribution in [0.2, 0.25) is 0 Å². The van der Waals surface area contributed by atoms with Crippen molar-refractivity contribution >= 4 is 32.5 Å². The zero-order valence-electron chi connectivity index (χ0n) is 17.1. The monoisotopic (exact) mass is 439 g/mol. The highest BCUT2D eigenvalue weighted by molar-refractivity contribution is 7.92. The highest BCUT2D eigenvalue weighted by Gasteiger charge is 2.29. The van der Waals surface area contributed by atoms with Crippen molar-refractivity contribution in [1.29, 1.82) is 0 Å². The molecule has 160 valence electrons. The standard InChI is InChI=1S/C22H22FN5O2S/c1-27(31(29,30)17-13-11-16(23)12-14-17)21-22-26-25-20(15-7-3-2-4-8-15)28(22)19-10-6-5-9-18(19)24-21/h5-6,9-15H,2-4,7-8H2,1H3. The fourth-order valence-corrected chi connectivity index (χ4v) is 5.45. The Hall–Kier alpha value is -3.07. The largest absolute Gasteiger partial charge is 0.274 e. The maximum Gasteiger partial charge on any atom is 0.265 e. The number of para-hydroxylation sites is 2. The summed E-state index contributed by atoms with van der Waals surface area (Å²) < 4.78 is 42.8. The predicted molar refractivity (Wildman–Crippen MR) is 116 cm³/mol. The van der Waals surface area contributed by atoms with Crippen LogP contribution in [0.15, 0.2) is 53.4 Å². The Bertz CT molecular complexity index is 1360. The quantitative estimate of drug-likeness (QED) is 0.474. The van der Waals surface area contributed by atoms with Crippen molar-refractivity contribution < 1.29 is 12.8 Å². The van der Waals surface area contributed by atoms with Crippen LogP contribution in [0.1, 0.15) is 43.8 Å². The minimum atomic E-state index is -3.96. The molecule has 31 heavy (non-hydrogen) atoms. The van der Waals surface area contributed by atoms with Crippen LogP contribution < -0.4 is 4.31 Å². The van der Waals surface area contributed by atoms with Crippen molar-refractivity contribution in [1.82, 2.24) is 19.6 Å². The highest BCUT2D eigenvalue weighted by atomic mass is 32.2. The van der Waals surface area contributed by atoms with Crippen molar-refractivity contribution in [2.24, 2.45) is 0 Å². The van der Waals surface area contributed by atoms with Crippen LogP contribution in [0.4, 0.5) is 10.2 Å². The smallest absolute Gasteiger partial charge is 0.265 e. The summed E-state index contributed by atoms with van der Waals surface area (Å²) in [7, 11) is -2.53. The molecule has 9 heteroatoms. The van der Waals surface area contributed by atoms with Gasteiger partial charge in [-0.25, -0.2) is 22.1 Å². The van der Waals surface area contributed by atoms with Gasteiger partial charge in [0.05, 0.1) is 15.9 Å². The Morgan fingerprint density at radius 1 is 1.00 bits per heavy atom. The topological polar surface area (TPSA) is 80.5 Å². The van der Waals surface area contributed by atoms with Crippen LogP contribution in [0.5, 0.6) is 0 Å². The van der Waals surface area contributed by atoms with Gasteiger partial charge in [-0.15, -0.1) is 10.2 Å². The average molecular weight is 440 g/mol. The zero-order chi connectivity index (χ0) is 21.6. The third-order valence-corrected chi connectivity index (χ3v) is 7.74. The van der Waals surface area contributed by atoms with E-state index in [4.69, 9.17) is 0 Å². The highest BCUT2D eigenvalue weighted by Crippen LogP contribution is 2.35. The van der Waals surface area contributed by atoms with Crippen molar-refractivity contribution in [2.75, 3.05) is 11.4 Å². The number of anilines is 1. The molecule has 2 aromatic carbocycles. The van der Waals surface area contributed by atoms with Crippen molar-refractivity contribution in [3.63, 3.8) is 0 Å². The maximum atomic E-state index is 13.3. The molecule has 0 atom stereocenters. The predicted octanol–water partition coefficient (Wildman–Crippen LogP) is 4.29. The van der Waals surface area contributed by atoms with E-state index in [9.17, 15) is 12.8 Å². The first-order chi connectivity index (χ1) is 15.0. The number of aromatic nitrogens is 4. The van der Waals surface area contributed by atoms with Crippen LogP contribution in [-0.4, -0.2) is 35.0 Å². The van der Waals surface area contributed by atoms with Crippen LogP contribution in [-0.2, 0) is 10.0 Å². The number of hydrogen-bond donors (Lipinski definition) is 0. The van der Waals surface area contributed by atoms with E-state index < -0.39 is 15.8 Å². The van der Waals surface area contributed by atoms with Gasteiger partial charge in [0.1, 0.15) is 11.6 Å². The third-order valence-electron chi connectivity index (χ3n) is 5.98.